The number of hydrogen-bond donors (Lipinski definition) is 2. The summed E-state index contributed by atoms with van der Waals surface area (Å²) >= 11 is 0. The molecule has 6 nitrogen and oxygen atoms in total. The van der Waals surface area contributed by atoms with Crippen LogP contribution in [-0.4, -0.2) is 36.5 Å². The Morgan fingerprint density at radius 3 is 2.76 bits per heavy atom. The van der Waals surface area contributed by atoms with Crippen LogP contribution in [0.3, 0.4) is 0 Å². The van der Waals surface area contributed by atoms with Gasteiger partial charge in [-0.25, -0.2) is 13.1 Å². The molecule has 1 aromatic rings. The number of aryl methyl sites for hydroxylation is 1. The van der Waals surface area contributed by atoms with Crippen molar-refractivity contribution < 1.29 is 13.5 Å². The van der Waals surface area contributed by atoms with Gasteiger partial charge in [-0.15, -0.1) is 0 Å². The maximum absolute atomic E-state index is 11.9. The Morgan fingerprint density at radius 2 is 2.29 bits per heavy atom. The van der Waals surface area contributed by atoms with Gasteiger partial charge in [0.1, 0.15) is 0 Å². The first kappa shape index (κ1) is 14.1. The van der Waals surface area contributed by atoms with Gasteiger partial charge >= 0.3 is 0 Å². The van der Waals surface area contributed by atoms with Gasteiger partial charge in [-0.3, -0.25) is 4.68 Å². The molecule has 17 heavy (non-hydrogen) atoms. The van der Waals surface area contributed by atoms with Crippen molar-refractivity contribution in [3.8, 4) is 0 Å². The molecule has 0 amide bonds. The second-order valence-electron chi connectivity index (χ2n) is 3.93. The van der Waals surface area contributed by atoms with Gasteiger partial charge in [-0.05, 0) is 18.4 Å². The van der Waals surface area contributed by atoms with Gasteiger partial charge in [0.15, 0.2) is 5.03 Å². The molecule has 0 aliphatic carbocycles. The summed E-state index contributed by atoms with van der Waals surface area (Å²) in [6, 6.07) is 1.45. The van der Waals surface area contributed by atoms with E-state index in [4.69, 9.17) is 5.11 Å². The minimum atomic E-state index is -3.50. The lowest BCUT2D eigenvalue weighted by molar-refractivity contribution is 0.254. The van der Waals surface area contributed by atoms with Gasteiger partial charge in [-0.2, -0.15) is 5.10 Å². The predicted octanol–water partition coefficient (Wildman–Crippen LogP) is 0.107. The average molecular weight is 261 g/mol. The zero-order valence-electron chi connectivity index (χ0n) is 10.1. The van der Waals surface area contributed by atoms with Gasteiger partial charge < -0.3 is 5.11 Å². The summed E-state index contributed by atoms with van der Waals surface area (Å²) < 4.78 is 27.7. The monoisotopic (exact) mass is 261 g/mol. The number of nitrogens with one attached hydrogen (secondary N) is 1. The van der Waals surface area contributed by atoms with Crippen molar-refractivity contribution in [2.75, 3.05) is 13.2 Å². The Balaban J connectivity index is 2.65. The van der Waals surface area contributed by atoms with E-state index in [2.05, 4.69) is 9.82 Å². The van der Waals surface area contributed by atoms with Gasteiger partial charge in [0.2, 0.25) is 0 Å². The lowest BCUT2D eigenvalue weighted by Gasteiger charge is -2.14. The van der Waals surface area contributed by atoms with Crippen LogP contribution in [0.4, 0.5) is 0 Å². The molecule has 0 aliphatic rings. The fraction of sp³-hybridized carbons (Fsp3) is 0.700. The first-order valence-corrected chi connectivity index (χ1v) is 7.08. The highest BCUT2D eigenvalue weighted by atomic mass is 32.2. The standard InChI is InChI=1S/C10H19N3O3S/c1-3-9(5-7-14)8-12-17(15,16)10-4-6-11-13(10)2/h4,6,9,12,14H,3,5,7-8H2,1-2H3. The van der Waals surface area contributed by atoms with E-state index in [1.54, 1.807) is 7.05 Å². The number of aromatic nitrogens is 2. The molecule has 0 saturated heterocycles. The third-order valence-corrected chi connectivity index (χ3v) is 4.23. The van der Waals surface area contributed by atoms with Crippen molar-refractivity contribution in [2.24, 2.45) is 13.0 Å². The molecule has 98 valence electrons. The topological polar surface area (TPSA) is 84.2 Å². The highest BCUT2D eigenvalue weighted by molar-refractivity contribution is 7.89. The molecule has 1 aromatic heterocycles. The Labute approximate surface area is 102 Å². The van der Waals surface area contributed by atoms with E-state index in [0.717, 1.165) is 6.42 Å². The van der Waals surface area contributed by atoms with E-state index < -0.39 is 10.0 Å². The van der Waals surface area contributed by atoms with E-state index in [1.807, 2.05) is 6.92 Å². The average Bonchev–Trinajstić information content (AvgIpc) is 2.71. The van der Waals surface area contributed by atoms with Crippen molar-refractivity contribution in [3.05, 3.63) is 12.3 Å². The lowest BCUT2D eigenvalue weighted by Crippen LogP contribution is -2.31. The van der Waals surface area contributed by atoms with Crippen LogP contribution in [0.25, 0.3) is 0 Å². The Hall–Kier alpha value is -0.920. The second kappa shape index (κ2) is 6.13. The predicted molar refractivity (Wildman–Crippen MR) is 63.9 cm³/mol. The summed E-state index contributed by atoms with van der Waals surface area (Å²) in [5.74, 6) is 0.156. The first-order chi connectivity index (χ1) is 8.01. The van der Waals surface area contributed by atoms with Crippen molar-refractivity contribution >= 4 is 10.0 Å². The number of aliphatic hydroxyl groups is 1. The summed E-state index contributed by atoms with van der Waals surface area (Å²) in [6.45, 7) is 2.38. The number of sulfonamides is 1. The molecular formula is C10H19N3O3S. The summed E-state index contributed by atoms with van der Waals surface area (Å²) in [7, 11) is -1.92. The van der Waals surface area contributed by atoms with Crippen LogP contribution in [0.5, 0.6) is 0 Å². The van der Waals surface area contributed by atoms with Crippen LogP contribution in [0.15, 0.2) is 17.3 Å². The molecule has 0 spiro atoms. The SMILES string of the molecule is CCC(CCO)CNS(=O)(=O)c1ccnn1C. The number of aliphatic hydroxyl groups excluding tert-OH is 1. The molecule has 0 fully saturated rings. The molecule has 2 N–H and O–H groups in total. The summed E-state index contributed by atoms with van der Waals surface area (Å²) in [5, 5.41) is 12.8. The van der Waals surface area contributed by atoms with Gasteiger partial charge in [0.25, 0.3) is 10.0 Å². The highest BCUT2D eigenvalue weighted by Gasteiger charge is 2.19. The largest absolute Gasteiger partial charge is 0.396 e. The minimum absolute atomic E-state index is 0.0753. The van der Waals surface area contributed by atoms with Crippen LogP contribution >= 0.6 is 0 Å². The zero-order chi connectivity index (χ0) is 12.9. The highest BCUT2D eigenvalue weighted by Crippen LogP contribution is 2.10. The van der Waals surface area contributed by atoms with Crippen molar-refractivity contribution in [1.82, 2.24) is 14.5 Å². The quantitative estimate of drug-likeness (QED) is 0.729. The second-order valence-corrected chi connectivity index (χ2v) is 5.65. The summed E-state index contributed by atoms with van der Waals surface area (Å²) in [6.07, 6.45) is 2.87. The van der Waals surface area contributed by atoms with Crippen LogP contribution in [-0.2, 0) is 17.1 Å². The first-order valence-electron chi connectivity index (χ1n) is 5.59. The Morgan fingerprint density at radius 1 is 1.59 bits per heavy atom. The molecule has 0 radical (unpaired) electrons. The van der Waals surface area contributed by atoms with Crippen molar-refractivity contribution in [2.45, 2.75) is 24.8 Å². The van der Waals surface area contributed by atoms with Crippen LogP contribution in [0.2, 0.25) is 0 Å². The van der Waals surface area contributed by atoms with Crippen LogP contribution in [0, 0.1) is 5.92 Å². The maximum Gasteiger partial charge on any atom is 0.257 e. The normalized spacial score (nSPS) is 13.8. The maximum atomic E-state index is 11.9. The third-order valence-electron chi connectivity index (χ3n) is 2.73. The fourth-order valence-electron chi connectivity index (χ4n) is 1.56. The number of nitrogens with zero attached hydrogens (tertiary/aromatic N) is 2. The summed E-state index contributed by atoms with van der Waals surface area (Å²) in [4.78, 5) is 0. The van der Waals surface area contributed by atoms with Gasteiger partial charge in [0, 0.05) is 20.2 Å². The summed E-state index contributed by atoms with van der Waals surface area (Å²) in [5.41, 5.74) is 0. The van der Waals surface area contributed by atoms with Crippen LogP contribution < -0.4 is 4.72 Å². The third kappa shape index (κ3) is 3.79. The molecule has 1 heterocycles. The molecular weight excluding hydrogens is 242 g/mol. The smallest absolute Gasteiger partial charge is 0.257 e. The molecule has 1 rings (SSSR count). The molecule has 0 bridgehead atoms. The molecule has 7 heteroatoms. The Kier molecular flexibility index (Phi) is 5.10. The van der Waals surface area contributed by atoms with E-state index >= 15 is 0 Å². The fourth-order valence-corrected chi connectivity index (χ4v) is 2.80. The molecule has 0 aromatic carbocycles. The number of rotatable bonds is 7. The van der Waals surface area contributed by atoms with Gasteiger partial charge in [0.05, 0.1) is 6.20 Å². The van der Waals surface area contributed by atoms with E-state index in [1.165, 1.54) is 16.9 Å². The van der Waals surface area contributed by atoms with Crippen LogP contribution in [0.1, 0.15) is 19.8 Å². The Bertz CT molecular complexity index is 441. The molecule has 1 atom stereocenters. The zero-order valence-corrected chi connectivity index (χ0v) is 10.9. The van der Waals surface area contributed by atoms with E-state index in [9.17, 15) is 8.42 Å². The van der Waals surface area contributed by atoms with E-state index in [0.29, 0.717) is 13.0 Å². The molecule has 0 aliphatic heterocycles. The molecule has 0 saturated carbocycles. The number of hydrogen-bond acceptors (Lipinski definition) is 4. The van der Waals surface area contributed by atoms with Crippen molar-refractivity contribution in [3.63, 3.8) is 0 Å². The van der Waals surface area contributed by atoms with Gasteiger partial charge in [-0.1, -0.05) is 13.3 Å². The molecule has 1 unspecified atom stereocenters. The lowest BCUT2D eigenvalue weighted by atomic mass is 10.0. The van der Waals surface area contributed by atoms with E-state index in [-0.39, 0.29) is 17.6 Å². The van der Waals surface area contributed by atoms with Crippen molar-refractivity contribution in [1.29, 1.82) is 0 Å². The minimum Gasteiger partial charge on any atom is -0.396 e.